The van der Waals surface area contributed by atoms with Gasteiger partial charge in [-0.15, -0.1) is 11.3 Å². The molecule has 100 valence electrons. The molecule has 0 saturated carbocycles. The highest BCUT2D eigenvalue weighted by Crippen LogP contribution is 2.26. The Hall–Kier alpha value is -1.23. The Morgan fingerprint density at radius 1 is 1.37 bits per heavy atom. The number of hydrogen-bond donors (Lipinski definition) is 1. The second-order valence-corrected chi connectivity index (χ2v) is 6.33. The largest absolute Gasteiger partial charge is 0.389 e. The molecule has 1 fully saturated rings. The van der Waals surface area contributed by atoms with Crippen LogP contribution in [0.2, 0.25) is 0 Å². The van der Waals surface area contributed by atoms with Crippen LogP contribution in [-0.2, 0) is 6.54 Å². The summed E-state index contributed by atoms with van der Waals surface area (Å²) < 4.78 is 0. The third kappa shape index (κ3) is 3.03. The molecule has 1 unspecified atom stereocenters. The van der Waals surface area contributed by atoms with Gasteiger partial charge in [-0.1, -0.05) is 30.3 Å². The number of hydrogen-bond acceptors (Lipinski definition) is 4. The molecule has 0 amide bonds. The summed E-state index contributed by atoms with van der Waals surface area (Å²) in [5.41, 5.74) is 1.74. The quantitative estimate of drug-likeness (QED) is 0.935. The van der Waals surface area contributed by atoms with Crippen LogP contribution in [0.15, 0.2) is 35.7 Å². The van der Waals surface area contributed by atoms with Gasteiger partial charge in [0, 0.05) is 30.6 Å². The Balaban J connectivity index is 1.69. The minimum atomic E-state index is -0.529. The first-order chi connectivity index (χ1) is 9.12. The Labute approximate surface area is 117 Å². The molecule has 1 aliphatic rings. The van der Waals surface area contributed by atoms with Crippen molar-refractivity contribution in [2.75, 3.05) is 13.1 Å². The molecule has 0 spiro atoms. The van der Waals surface area contributed by atoms with Gasteiger partial charge in [-0.05, 0) is 13.3 Å². The summed E-state index contributed by atoms with van der Waals surface area (Å²) in [5, 5.41) is 13.2. The third-order valence-corrected chi connectivity index (χ3v) is 4.43. The van der Waals surface area contributed by atoms with Crippen molar-refractivity contribution < 1.29 is 5.11 Å². The minimum Gasteiger partial charge on any atom is -0.389 e. The van der Waals surface area contributed by atoms with Crippen LogP contribution in [0.3, 0.4) is 0 Å². The molecule has 1 aromatic carbocycles. The maximum atomic E-state index is 9.97. The number of nitrogens with zero attached hydrogens (tertiary/aromatic N) is 2. The van der Waals surface area contributed by atoms with Crippen molar-refractivity contribution >= 4 is 11.3 Å². The molecule has 1 aliphatic heterocycles. The van der Waals surface area contributed by atoms with Gasteiger partial charge in [0.2, 0.25) is 0 Å². The molecular formula is C15H18N2OS. The first-order valence-electron chi connectivity index (χ1n) is 6.57. The predicted molar refractivity (Wildman–Crippen MR) is 78.1 cm³/mol. The fourth-order valence-corrected chi connectivity index (χ4v) is 3.31. The molecule has 0 aliphatic carbocycles. The van der Waals surface area contributed by atoms with Gasteiger partial charge in [-0.3, -0.25) is 4.90 Å². The number of aliphatic hydroxyl groups is 1. The summed E-state index contributed by atoms with van der Waals surface area (Å²) in [6.45, 7) is 4.43. The lowest BCUT2D eigenvalue weighted by atomic mass is 10.1. The molecule has 1 N–H and O–H groups in total. The van der Waals surface area contributed by atoms with E-state index in [-0.39, 0.29) is 0 Å². The van der Waals surface area contributed by atoms with Crippen LogP contribution in [0.1, 0.15) is 19.0 Å². The van der Waals surface area contributed by atoms with E-state index in [0.29, 0.717) is 0 Å². The van der Waals surface area contributed by atoms with Crippen LogP contribution in [0.25, 0.3) is 10.6 Å². The highest BCUT2D eigenvalue weighted by Gasteiger charge is 2.31. The van der Waals surface area contributed by atoms with E-state index in [2.05, 4.69) is 27.4 Å². The molecule has 19 heavy (non-hydrogen) atoms. The van der Waals surface area contributed by atoms with Gasteiger partial charge < -0.3 is 5.11 Å². The Kier molecular flexibility index (Phi) is 3.39. The van der Waals surface area contributed by atoms with Crippen molar-refractivity contribution in [3.05, 3.63) is 41.4 Å². The number of thiazole rings is 1. The predicted octanol–water partition coefficient (Wildman–Crippen LogP) is 2.77. The van der Waals surface area contributed by atoms with Gasteiger partial charge in [0.1, 0.15) is 5.01 Å². The minimum absolute atomic E-state index is 0.529. The zero-order valence-electron chi connectivity index (χ0n) is 11.0. The van der Waals surface area contributed by atoms with Gasteiger partial charge in [0.25, 0.3) is 0 Å². The monoisotopic (exact) mass is 274 g/mol. The highest BCUT2D eigenvalue weighted by atomic mass is 32.1. The van der Waals surface area contributed by atoms with Gasteiger partial charge >= 0.3 is 0 Å². The number of rotatable bonds is 3. The maximum Gasteiger partial charge on any atom is 0.123 e. The Bertz CT molecular complexity index is 550. The average Bonchev–Trinajstić information content (AvgIpc) is 2.98. The van der Waals surface area contributed by atoms with Gasteiger partial charge in [0.15, 0.2) is 0 Å². The van der Waals surface area contributed by atoms with Crippen LogP contribution in [0.4, 0.5) is 0 Å². The first kappa shape index (κ1) is 12.8. The number of likely N-dealkylation sites (tertiary alicyclic amines) is 1. The van der Waals surface area contributed by atoms with Crippen molar-refractivity contribution in [3.8, 4) is 10.6 Å². The van der Waals surface area contributed by atoms with E-state index in [9.17, 15) is 5.11 Å². The van der Waals surface area contributed by atoms with Crippen molar-refractivity contribution in [1.82, 2.24) is 9.88 Å². The lowest BCUT2D eigenvalue weighted by Gasteiger charge is -2.17. The van der Waals surface area contributed by atoms with Crippen LogP contribution in [0.5, 0.6) is 0 Å². The number of benzene rings is 1. The normalized spacial score (nSPS) is 23.9. The lowest BCUT2D eigenvalue weighted by molar-refractivity contribution is 0.0678. The summed E-state index contributed by atoms with van der Waals surface area (Å²) in [6, 6.07) is 10.3. The lowest BCUT2D eigenvalue weighted by Crippen LogP contribution is -2.29. The van der Waals surface area contributed by atoms with E-state index < -0.39 is 5.60 Å². The zero-order chi connectivity index (χ0) is 13.3. The smallest absolute Gasteiger partial charge is 0.123 e. The molecule has 2 heterocycles. The molecule has 1 aromatic heterocycles. The molecule has 1 saturated heterocycles. The van der Waals surface area contributed by atoms with E-state index in [1.54, 1.807) is 11.3 Å². The van der Waals surface area contributed by atoms with Crippen LogP contribution in [0, 0.1) is 0 Å². The van der Waals surface area contributed by atoms with Gasteiger partial charge in [-0.25, -0.2) is 4.98 Å². The first-order valence-corrected chi connectivity index (χ1v) is 7.45. The fraction of sp³-hybridized carbons (Fsp3) is 0.400. The zero-order valence-corrected chi connectivity index (χ0v) is 11.9. The molecule has 0 radical (unpaired) electrons. The van der Waals surface area contributed by atoms with Crippen LogP contribution in [-0.4, -0.2) is 33.7 Å². The third-order valence-electron chi connectivity index (χ3n) is 3.49. The SMILES string of the molecule is CC1(O)CCN(Cc2csc(-c3ccccc3)n2)C1. The van der Waals surface area contributed by atoms with E-state index in [0.717, 1.165) is 36.8 Å². The van der Waals surface area contributed by atoms with Crippen molar-refractivity contribution in [2.45, 2.75) is 25.5 Å². The van der Waals surface area contributed by atoms with E-state index in [1.807, 2.05) is 25.1 Å². The molecule has 0 bridgehead atoms. The standard InChI is InChI=1S/C15H18N2OS/c1-15(18)7-8-17(11-15)9-13-10-19-14(16-13)12-5-3-2-4-6-12/h2-6,10,18H,7-9,11H2,1H3. The second kappa shape index (κ2) is 5.04. The maximum absolute atomic E-state index is 9.97. The van der Waals surface area contributed by atoms with Gasteiger partial charge in [-0.2, -0.15) is 0 Å². The van der Waals surface area contributed by atoms with Crippen molar-refractivity contribution in [2.24, 2.45) is 0 Å². The molecule has 2 aromatic rings. The summed E-state index contributed by atoms with van der Waals surface area (Å²) in [5.74, 6) is 0. The highest BCUT2D eigenvalue weighted by molar-refractivity contribution is 7.13. The Morgan fingerprint density at radius 2 is 2.16 bits per heavy atom. The molecule has 4 heteroatoms. The van der Waals surface area contributed by atoms with Crippen LogP contribution < -0.4 is 0 Å². The summed E-state index contributed by atoms with van der Waals surface area (Å²) in [7, 11) is 0. The van der Waals surface area contributed by atoms with E-state index >= 15 is 0 Å². The van der Waals surface area contributed by atoms with Crippen LogP contribution >= 0.6 is 11.3 Å². The Morgan fingerprint density at radius 3 is 2.84 bits per heavy atom. The number of β-amino-alcohol motifs (C(OH)–C–C–N with tert-alkyl or cyclic N) is 1. The fourth-order valence-electron chi connectivity index (χ4n) is 2.50. The summed E-state index contributed by atoms with van der Waals surface area (Å²) in [4.78, 5) is 6.95. The average molecular weight is 274 g/mol. The topological polar surface area (TPSA) is 36.4 Å². The summed E-state index contributed by atoms with van der Waals surface area (Å²) >= 11 is 1.69. The molecule has 3 nitrogen and oxygen atoms in total. The molecule has 3 rings (SSSR count). The van der Waals surface area contributed by atoms with Gasteiger partial charge in [0.05, 0.1) is 11.3 Å². The number of aromatic nitrogens is 1. The molecule has 1 atom stereocenters. The van der Waals surface area contributed by atoms with Crippen molar-refractivity contribution in [3.63, 3.8) is 0 Å². The summed E-state index contributed by atoms with van der Waals surface area (Å²) in [6.07, 6.45) is 0.850. The van der Waals surface area contributed by atoms with E-state index in [1.165, 1.54) is 5.56 Å². The second-order valence-electron chi connectivity index (χ2n) is 5.47. The van der Waals surface area contributed by atoms with E-state index in [4.69, 9.17) is 0 Å². The molecular weight excluding hydrogens is 256 g/mol. The van der Waals surface area contributed by atoms with Crippen molar-refractivity contribution in [1.29, 1.82) is 0 Å².